The van der Waals surface area contributed by atoms with Gasteiger partial charge in [-0.2, -0.15) is 0 Å². The van der Waals surface area contributed by atoms with Gasteiger partial charge in [0.15, 0.2) is 0 Å². The first kappa shape index (κ1) is 6.74. The Morgan fingerprint density at radius 2 is 1.78 bits per heavy atom. The van der Waals surface area contributed by atoms with E-state index in [-0.39, 0.29) is 11.8 Å². The van der Waals surface area contributed by atoms with E-state index in [1.807, 2.05) is 0 Å². The number of carbonyl (C=O) groups is 2. The first-order chi connectivity index (χ1) is 4.25. The zero-order valence-electron chi connectivity index (χ0n) is 4.76. The Morgan fingerprint density at radius 1 is 1.33 bits per heavy atom. The van der Waals surface area contributed by atoms with Crippen LogP contribution in [0, 0.1) is 0 Å². The van der Waals surface area contributed by atoms with Crippen LogP contribution in [0.1, 0.15) is 12.8 Å². The van der Waals surface area contributed by atoms with Crippen molar-refractivity contribution in [2.75, 3.05) is 5.45 Å². The molecule has 0 saturated carbocycles. The summed E-state index contributed by atoms with van der Waals surface area (Å²) in [4.78, 5) is 22.6. The molecule has 0 bridgehead atoms. The SMILES string of the molecule is O=C1CCC(=O)N1CBr. The van der Waals surface area contributed by atoms with Gasteiger partial charge in [0.2, 0.25) is 11.8 Å². The Morgan fingerprint density at radius 3 is 2.00 bits per heavy atom. The molecule has 50 valence electrons. The summed E-state index contributed by atoms with van der Waals surface area (Å²) in [5.41, 5.74) is 0.338. The second-order valence-electron chi connectivity index (χ2n) is 1.84. The molecule has 0 aliphatic carbocycles. The van der Waals surface area contributed by atoms with Gasteiger partial charge < -0.3 is 0 Å². The van der Waals surface area contributed by atoms with E-state index < -0.39 is 0 Å². The quantitative estimate of drug-likeness (QED) is 0.344. The molecule has 0 aromatic rings. The lowest BCUT2D eigenvalue weighted by molar-refractivity contribution is -0.136. The van der Waals surface area contributed by atoms with E-state index >= 15 is 0 Å². The number of halogens is 1. The topological polar surface area (TPSA) is 37.4 Å². The summed E-state index contributed by atoms with van der Waals surface area (Å²) in [6, 6.07) is 0. The highest BCUT2D eigenvalue weighted by molar-refractivity contribution is 9.09. The molecule has 4 heteroatoms. The summed E-state index contributed by atoms with van der Waals surface area (Å²) >= 11 is 3.04. The fraction of sp³-hybridized carbons (Fsp3) is 0.600. The van der Waals surface area contributed by atoms with Gasteiger partial charge in [-0.3, -0.25) is 14.5 Å². The number of alkyl halides is 1. The second kappa shape index (κ2) is 2.47. The summed E-state index contributed by atoms with van der Waals surface area (Å²) in [5.74, 6) is -0.145. The maximum atomic E-state index is 10.7. The van der Waals surface area contributed by atoms with E-state index in [4.69, 9.17) is 0 Å². The zero-order valence-corrected chi connectivity index (χ0v) is 6.35. The van der Waals surface area contributed by atoms with Crippen molar-refractivity contribution in [3.8, 4) is 0 Å². The predicted molar refractivity (Wildman–Crippen MR) is 34.9 cm³/mol. The molecule has 1 rings (SSSR count). The molecule has 9 heavy (non-hydrogen) atoms. The Balaban J connectivity index is 2.66. The van der Waals surface area contributed by atoms with Gasteiger partial charge in [0.1, 0.15) is 0 Å². The standard InChI is InChI=1S/C5H6BrNO2/c6-3-7-4(8)1-2-5(7)9/h1-3H2. The molecule has 2 amide bonds. The molecule has 1 fully saturated rings. The Labute approximate surface area is 61.1 Å². The number of likely N-dealkylation sites (tertiary alicyclic amines) is 1. The minimum Gasteiger partial charge on any atom is -0.274 e. The molecule has 0 unspecified atom stereocenters. The molecule has 0 spiro atoms. The van der Waals surface area contributed by atoms with Gasteiger partial charge in [0, 0.05) is 12.8 Å². The number of carbonyl (C=O) groups excluding carboxylic acids is 2. The Kier molecular flexibility index (Phi) is 1.85. The molecular formula is C5H6BrNO2. The molecule has 0 aromatic carbocycles. The lowest BCUT2D eigenvalue weighted by Crippen LogP contribution is -2.26. The largest absolute Gasteiger partial charge is 0.274 e. The predicted octanol–water partition coefficient (Wildman–Crippen LogP) is 0.488. The zero-order chi connectivity index (χ0) is 6.85. The van der Waals surface area contributed by atoms with Crippen molar-refractivity contribution in [1.29, 1.82) is 0 Å². The maximum absolute atomic E-state index is 10.7. The van der Waals surface area contributed by atoms with Crippen LogP contribution < -0.4 is 0 Å². The third-order valence-electron chi connectivity index (χ3n) is 1.27. The van der Waals surface area contributed by atoms with Crippen molar-refractivity contribution >= 4 is 27.7 Å². The van der Waals surface area contributed by atoms with Crippen molar-refractivity contribution in [1.82, 2.24) is 4.90 Å². The van der Waals surface area contributed by atoms with Gasteiger partial charge in [-0.1, -0.05) is 15.9 Å². The molecule has 0 N–H and O–H groups in total. The summed E-state index contributed by atoms with van der Waals surface area (Å²) in [7, 11) is 0. The molecule has 0 aromatic heterocycles. The van der Waals surface area contributed by atoms with E-state index in [0.717, 1.165) is 0 Å². The lowest BCUT2D eigenvalue weighted by atomic mass is 10.4. The molecule has 1 aliphatic rings. The van der Waals surface area contributed by atoms with E-state index in [9.17, 15) is 9.59 Å². The van der Waals surface area contributed by atoms with Crippen LogP contribution in [0.3, 0.4) is 0 Å². The number of amides is 2. The lowest BCUT2D eigenvalue weighted by Gasteiger charge is -2.06. The Hall–Kier alpha value is -0.380. The first-order valence-electron chi connectivity index (χ1n) is 2.65. The second-order valence-corrected chi connectivity index (χ2v) is 2.34. The van der Waals surface area contributed by atoms with Gasteiger partial charge in [-0.15, -0.1) is 0 Å². The summed E-state index contributed by atoms with van der Waals surface area (Å²) in [5, 5.41) is 0. The van der Waals surface area contributed by atoms with Gasteiger partial charge in [0.05, 0.1) is 5.45 Å². The van der Waals surface area contributed by atoms with E-state index in [2.05, 4.69) is 15.9 Å². The van der Waals surface area contributed by atoms with E-state index in [1.54, 1.807) is 0 Å². The summed E-state index contributed by atoms with van der Waals surface area (Å²) < 4.78 is 0. The molecule has 0 radical (unpaired) electrons. The van der Waals surface area contributed by atoms with Gasteiger partial charge >= 0.3 is 0 Å². The van der Waals surface area contributed by atoms with Crippen LogP contribution in [-0.2, 0) is 9.59 Å². The van der Waals surface area contributed by atoms with Crippen LogP contribution in [0.25, 0.3) is 0 Å². The van der Waals surface area contributed by atoms with Crippen LogP contribution in [0.2, 0.25) is 0 Å². The van der Waals surface area contributed by atoms with Crippen LogP contribution in [0.5, 0.6) is 0 Å². The molecule has 1 saturated heterocycles. The van der Waals surface area contributed by atoms with Crippen molar-refractivity contribution in [3.05, 3.63) is 0 Å². The van der Waals surface area contributed by atoms with Gasteiger partial charge in [0.25, 0.3) is 0 Å². The van der Waals surface area contributed by atoms with Crippen LogP contribution >= 0.6 is 15.9 Å². The minimum absolute atomic E-state index is 0.0723. The van der Waals surface area contributed by atoms with Gasteiger partial charge in [-0.05, 0) is 0 Å². The highest BCUT2D eigenvalue weighted by atomic mass is 79.9. The van der Waals surface area contributed by atoms with Crippen LogP contribution in [-0.4, -0.2) is 22.2 Å². The number of hydrogen-bond acceptors (Lipinski definition) is 2. The van der Waals surface area contributed by atoms with E-state index in [0.29, 0.717) is 18.3 Å². The molecule has 0 atom stereocenters. The molecule has 3 nitrogen and oxygen atoms in total. The normalized spacial score (nSPS) is 19.4. The van der Waals surface area contributed by atoms with Crippen molar-refractivity contribution in [2.45, 2.75) is 12.8 Å². The third-order valence-corrected chi connectivity index (χ3v) is 1.78. The number of nitrogens with zero attached hydrogens (tertiary/aromatic N) is 1. The van der Waals surface area contributed by atoms with E-state index in [1.165, 1.54) is 4.90 Å². The average molecular weight is 192 g/mol. The van der Waals surface area contributed by atoms with Crippen LogP contribution in [0.4, 0.5) is 0 Å². The maximum Gasteiger partial charge on any atom is 0.230 e. The summed E-state index contributed by atoms with van der Waals surface area (Å²) in [6.07, 6.45) is 0.759. The van der Waals surface area contributed by atoms with Crippen molar-refractivity contribution < 1.29 is 9.59 Å². The molecule has 1 aliphatic heterocycles. The monoisotopic (exact) mass is 191 g/mol. The highest BCUT2D eigenvalue weighted by Gasteiger charge is 2.27. The number of rotatable bonds is 1. The highest BCUT2D eigenvalue weighted by Crippen LogP contribution is 2.11. The summed E-state index contributed by atoms with van der Waals surface area (Å²) in [6.45, 7) is 0. The minimum atomic E-state index is -0.0723. The van der Waals surface area contributed by atoms with Gasteiger partial charge in [-0.25, -0.2) is 0 Å². The van der Waals surface area contributed by atoms with Crippen LogP contribution in [0.15, 0.2) is 0 Å². The average Bonchev–Trinajstić information content (AvgIpc) is 2.12. The Bertz CT molecular complexity index is 141. The molecule has 1 heterocycles. The number of hydrogen-bond donors (Lipinski definition) is 0. The fourth-order valence-corrected chi connectivity index (χ4v) is 1.32. The molecular weight excluding hydrogens is 186 g/mol. The smallest absolute Gasteiger partial charge is 0.230 e. The van der Waals surface area contributed by atoms with Crippen molar-refractivity contribution in [3.63, 3.8) is 0 Å². The number of imide groups is 1. The van der Waals surface area contributed by atoms with Crippen molar-refractivity contribution in [2.24, 2.45) is 0 Å². The third kappa shape index (κ3) is 1.13. The first-order valence-corrected chi connectivity index (χ1v) is 3.77. The fourth-order valence-electron chi connectivity index (χ4n) is 0.756.